The maximum atomic E-state index is 13.5. The number of aromatic amines is 2. The minimum absolute atomic E-state index is 0.263. The molecule has 0 saturated carbocycles. The van der Waals surface area contributed by atoms with E-state index in [-0.39, 0.29) is 17.0 Å². The second-order valence-electron chi connectivity index (χ2n) is 6.54. The molecule has 0 bridgehead atoms. The van der Waals surface area contributed by atoms with Crippen LogP contribution in [0.4, 0.5) is 4.39 Å². The van der Waals surface area contributed by atoms with E-state index in [0.717, 1.165) is 10.9 Å². The normalized spacial score (nSPS) is 14.4. The van der Waals surface area contributed by atoms with Gasteiger partial charge in [-0.25, -0.2) is 4.39 Å². The van der Waals surface area contributed by atoms with Crippen LogP contribution in [0.15, 0.2) is 48.8 Å². The Morgan fingerprint density at radius 2 is 1.39 bits per heavy atom. The number of imide groups is 1. The van der Waals surface area contributed by atoms with Gasteiger partial charge in [0, 0.05) is 51.4 Å². The molecule has 4 aromatic rings. The van der Waals surface area contributed by atoms with Crippen molar-refractivity contribution in [3.63, 3.8) is 0 Å². The van der Waals surface area contributed by atoms with Crippen molar-refractivity contribution in [2.75, 3.05) is 7.11 Å². The number of hydrogen-bond acceptors (Lipinski definition) is 3. The molecule has 138 valence electrons. The Kier molecular flexibility index (Phi) is 3.39. The molecule has 1 aliphatic heterocycles. The number of fused-ring (bicyclic) bond motifs is 2. The van der Waals surface area contributed by atoms with Gasteiger partial charge in [-0.15, -0.1) is 0 Å². The van der Waals surface area contributed by atoms with Crippen LogP contribution < -0.4 is 10.1 Å². The first-order valence-electron chi connectivity index (χ1n) is 8.59. The maximum Gasteiger partial charge on any atom is 0.259 e. The lowest BCUT2D eigenvalue weighted by Crippen LogP contribution is -2.22. The molecule has 2 aromatic carbocycles. The molecule has 0 unspecified atom stereocenters. The number of hydrogen-bond donors (Lipinski definition) is 3. The summed E-state index contributed by atoms with van der Waals surface area (Å²) in [6, 6.07) is 9.73. The Bertz CT molecular complexity index is 1330. The Labute approximate surface area is 158 Å². The predicted octanol–water partition coefficient (Wildman–Crippen LogP) is 3.36. The molecule has 3 N–H and O–H groups in total. The number of amides is 2. The van der Waals surface area contributed by atoms with E-state index in [1.54, 1.807) is 31.6 Å². The third-order valence-corrected chi connectivity index (χ3v) is 5.00. The highest BCUT2D eigenvalue weighted by Gasteiger charge is 2.34. The van der Waals surface area contributed by atoms with Crippen molar-refractivity contribution >= 4 is 44.8 Å². The van der Waals surface area contributed by atoms with Gasteiger partial charge in [0.2, 0.25) is 0 Å². The second-order valence-corrected chi connectivity index (χ2v) is 6.54. The van der Waals surface area contributed by atoms with Crippen molar-refractivity contribution in [1.82, 2.24) is 15.3 Å². The second kappa shape index (κ2) is 5.82. The largest absolute Gasteiger partial charge is 0.497 e. The number of rotatable bonds is 3. The number of methoxy groups -OCH3 is 1. The molecule has 6 nitrogen and oxygen atoms in total. The lowest BCUT2D eigenvalue weighted by atomic mass is 9.95. The minimum atomic E-state index is -0.479. The summed E-state index contributed by atoms with van der Waals surface area (Å²) < 4.78 is 18.8. The zero-order valence-electron chi connectivity index (χ0n) is 14.7. The van der Waals surface area contributed by atoms with Crippen LogP contribution in [0.1, 0.15) is 11.1 Å². The summed E-state index contributed by atoms with van der Waals surface area (Å²) in [4.78, 5) is 31.4. The van der Waals surface area contributed by atoms with Crippen LogP contribution in [0.5, 0.6) is 5.75 Å². The zero-order valence-corrected chi connectivity index (χ0v) is 14.7. The highest BCUT2D eigenvalue weighted by molar-refractivity contribution is 6.50. The van der Waals surface area contributed by atoms with Gasteiger partial charge in [0.05, 0.1) is 18.3 Å². The van der Waals surface area contributed by atoms with E-state index in [4.69, 9.17) is 4.74 Å². The topological polar surface area (TPSA) is 87.0 Å². The monoisotopic (exact) mass is 375 g/mol. The standard InChI is InChI=1S/C21H14FN3O3/c1-28-11-3-5-13-15(9-24-17(13)7-11)19-18(20(26)25-21(19)27)14-8-23-16-6-10(22)2-4-12(14)16/h2-9,23-24H,1H3,(H,25,26,27). The quantitative estimate of drug-likeness (QED) is 0.480. The van der Waals surface area contributed by atoms with Crippen LogP contribution in [0, 0.1) is 5.82 Å². The molecule has 1 aliphatic rings. The van der Waals surface area contributed by atoms with E-state index in [2.05, 4.69) is 15.3 Å². The van der Waals surface area contributed by atoms with E-state index >= 15 is 0 Å². The molecule has 2 amide bonds. The van der Waals surface area contributed by atoms with Crippen LogP contribution in [0.2, 0.25) is 0 Å². The summed E-state index contributed by atoms with van der Waals surface area (Å²) in [5.41, 5.74) is 3.06. The van der Waals surface area contributed by atoms with E-state index in [1.807, 2.05) is 12.1 Å². The summed E-state index contributed by atoms with van der Waals surface area (Å²) in [5, 5.41) is 3.84. The Morgan fingerprint density at radius 3 is 2.00 bits per heavy atom. The molecule has 2 aromatic heterocycles. The molecular formula is C21H14FN3O3. The Balaban J connectivity index is 1.78. The van der Waals surface area contributed by atoms with Crippen molar-refractivity contribution in [3.8, 4) is 5.75 Å². The zero-order chi connectivity index (χ0) is 19.4. The number of aromatic nitrogens is 2. The summed E-state index contributed by atoms with van der Waals surface area (Å²) >= 11 is 0. The molecule has 28 heavy (non-hydrogen) atoms. The van der Waals surface area contributed by atoms with Gasteiger partial charge in [-0.3, -0.25) is 14.9 Å². The number of benzene rings is 2. The molecule has 3 heterocycles. The van der Waals surface area contributed by atoms with Crippen LogP contribution in [-0.2, 0) is 9.59 Å². The lowest BCUT2D eigenvalue weighted by Gasteiger charge is -2.04. The van der Waals surface area contributed by atoms with Crippen molar-refractivity contribution in [2.24, 2.45) is 0 Å². The fraction of sp³-hybridized carbons (Fsp3) is 0.0476. The van der Waals surface area contributed by atoms with Crippen LogP contribution >= 0.6 is 0 Å². The number of carbonyl (C=O) groups excluding carboxylic acids is 2. The van der Waals surface area contributed by atoms with E-state index < -0.39 is 11.8 Å². The van der Waals surface area contributed by atoms with Gasteiger partial charge in [0.1, 0.15) is 11.6 Å². The number of nitrogens with one attached hydrogen (secondary N) is 3. The van der Waals surface area contributed by atoms with Gasteiger partial charge < -0.3 is 14.7 Å². The Hall–Kier alpha value is -3.87. The molecular weight excluding hydrogens is 361 g/mol. The van der Waals surface area contributed by atoms with Crippen LogP contribution in [0.3, 0.4) is 0 Å². The minimum Gasteiger partial charge on any atom is -0.497 e. The van der Waals surface area contributed by atoms with Crippen molar-refractivity contribution in [3.05, 3.63) is 65.7 Å². The maximum absolute atomic E-state index is 13.5. The van der Waals surface area contributed by atoms with Gasteiger partial charge in [0.25, 0.3) is 11.8 Å². The summed E-state index contributed by atoms with van der Waals surface area (Å²) in [6.07, 6.45) is 3.32. The average Bonchev–Trinajstić information content (AvgIpc) is 3.35. The predicted molar refractivity (Wildman–Crippen MR) is 103 cm³/mol. The van der Waals surface area contributed by atoms with Gasteiger partial charge in [-0.1, -0.05) is 0 Å². The third kappa shape index (κ3) is 2.26. The molecule has 7 heteroatoms. The summed E-state index contributed by atoms with van der Waals surface area (Å²) in [6.45, 7) is 0. The van der Waals surface area contributed by atoms with Gasteiger partial charge in [-0.05, 0) is 30.3 Å². The van der Waals surface area contributed by atoms with Gasteiger partial charge >= 0.3 is 0 Å². The summed E-state index contributed by atoms with van der Waals surface area (Å²) in [7, 11) is 1.58. The van der Waals surface area contributed by atoms with Crippen LogP contribution in [-0.4, -0.2) is 28.9 Å². The highest BCUT2D eigenvalue weighted by atomic mass is 19.1. The molecule has 0 saturated heterocycles. The molecule has 0 spiro atoms. The first kappa shape index (κ1) is 16.3. The third-order valence-electron chi connectivity index (χ3n) is 5.00. The van der Waals surface area contributed by atoms with Gasteiger partial charge in [0.15, 0.2) is 0 Å². The molecule has 0 atom stereocenters. The van der Waals surface area contributed by atoms with E-state index in [1.165, 1.54) is 12.1 Å². The fourth-order valence-corrected chi connectivity index (χ4v) is 3.71. The first-order valence-corrected chi connectivity index (χ1v) is 8.59. The first-order chi connectivity index (χ1) is 13.6. The number of halogens is 1. The summed E-state index contributed by atoms with van der Waals surface area (Å²) in [5.74, 6) is -0.644. The number of H-pyrrole nitrogens is 2. The van der Waals surface area contributed by atoms with E-state index in [0.29, 0.717) is 27.8 Å². The number of carbonyl (C=O) groups is 2. The SMILES string of the molecule is COc1ccc2c(C3=C(c4c[nH]c5cc(F)ccc45)C(=O)NC3=O)c[nH]c2c1. The molecule has 0 fully saturated rings. The lowest BCUT2D eigenvalue weighted by molar-refractivity contribution is -0.122. The highest BCUT2D eigenvalue weighted by Crippen LogP contribution is 2.38. The molecule has 0 aliphatic carbocycles. The van der Waals surface area contributed by atoms with Crippen molar-refractivity contribution < 1.29 is 18.7 Å². The fourth-order valence-electron chi connectivity index (χ4n) is 3.71. The number of ether oxygens (including phenoxy) is 1. The Morgan fingerprint density at radius 1 is 0.821 bits per heavy atom. The molecule has 5 rings (SSSR count). The van der Waals surface area contributed by atoms with Crippen molar-refractivity contribution in [2.45, 2.75) is 0 Å². The van der Waals surface area contributed by atoms with E-state index in [9.17, 15) is 14.0 Å². The van der Waals surface area contributed by atoms with Gasteiger partial charge in [-0.2, -0.15) is 0 Å². The van der Waals surface area contributed by atoms with Crippen LogP contribution in [0.25, 0.3) is 33.0 Å². The average molecular weight is 375 g/mol. The smallest absolute Gasteiger partial charge is 0.259 e. The van der Waals surface area contributed by atoms with Crippen molar-refractivity contribution in [1.29, 1.82) is 0 Å². The molecule has 0 radical (unpaired) electrons.